The van der Waals surface area contributed by atoms with Crippen molar-refractivity contribution in [3.63, 3.8) is 0 Å². The molecule has 1 heterocycles. The maximum absolute atomic E-state index is 13.2. The highest BCUT2D eigenvalue weighted by Crippen LogP contribution is 2.41. The van der Waals surface area contributed by atoms with Crippen molar-refractivity contribution in [1.82, 2.24) is 4.90 Å². The van der Waals surface area contributed by atoms with E-state index in [0.29, 0.717) is 11.7 Å². The zero-order chi connectivity index (χ0) is 19.4. The molecule has 3 rings (SSSR count). The summed E-state index contributed by atoms with van der Waals surface area (Å²) in [6, 6.07) is 7.02. The lowest BCUT2D eigenvalue weighted by Crippen LogP contribution is -2.50. The maximum Gasteiger partial charge on any atom is 0.330 e. The van der Waals surface area contributed by atoms with Crippen molar-refractivity contribution in [2.75, 3.05) is 11.1 Å². The summed E-state index contributed by atoms with van der Waals surface area (Å²) in [5.74, 6) is 0.757. The first kappa shape index (κ1) is 20.1. The molecule has 2 amide bonds. The summed E-state index contributed by atoms with van der Waals surface area (Å²) in [6.45, 7) is 5.68. The lowest BCUT2D eigenvalue weighted by atomic mass is 9.88. The molecule has 6 heteroatoms. The van der Waals surface area contributed by atoms with Crippen molar-refractivity contribution in [1.29, 1.82) is 0 Å². The normalized spacial score (nSPS) is 23.5. The predicted octanol–water partition coefficient (Wildman–Crippen LogP) is 4.80. The molecule has 0 bridgehead atoms. The number of aryl methyl sites for hydroxylation is 1. The van der Waals surface area contributed by atoms with Gasteiger partial charge >= 0.3 is 12.0 Å². The van der Waals surface area contributed by atoms with Gasteiger partial charge in [0.05, 0.1) is 11.5 Å². The number of benzene rings is 1. The van der Waals surface area contributed by atoms with Gasteiger partial charge in [-0.15, -0.1) is 11.8 Å². The number of hydrogen-bond acceptors (Lipinski definition) is 4. The minimum Gasteiger partial charge on any atom is -0.461 e. The summed E-state index contributed by atoms with van der Waals surface area (Å²) in [5.41, 5.74) is 1.85. The number of nitrogens with zero attached hydrogens (tertiary/aromatic N) is 1. The third-order valence-corrected chi connectivity index (χ3v) is 6.68. The highest BCUT2D eigenvalue weighted by atomic mass is 32.2. The number of carbonyl (C=O) groups excluding carboxylic acids is 2. The molecule has 148 valence electrons. The van der Waals surface area contributed by atoms with Gasteiger partial charge in [0.2, 0.25) is 0 Å². The van der Waals surface area contributed by atoms with Gasteiger partial charge in [-0.05, 0) is 57.2 Å². The second-order valence-corrected chi connectivity index (χ2v) is 8.98. The summed E-state index contributed by atoms with van der Waals surface area (Å²) in [4.78, 5) is 27.6. The lowest BCUT2D eigenvalue weighted by molar-refractivity contribution is -0.151. The fourth-order valence-electron chi connectivity index (χ4n) is 3.97. The Bertz CT molecular complexity index is 673. The van der Waals surface area contributed by atoms with Crippen molar-refractivity contribution in [3.05, 3.63) is 29.8 Å². The van der Waals surface area contributed by atoms with E-state index in [4.69, 9.17) is 4.74 Å². The summed E-state index contributed by atoms with van der Waals surface area (Å²) in [5, 5.41) is 3.04. The molecule has 27 heavy (non-hydrogen) atoms. The van der Waals surface area contributed by atoms with Crippen LogP contribution in [0, 0.1) is 12.8 Å². The van der Waals surface area contributed by atoms with Gasteiger partial charge in [0.1, 0.15) is 6.04 Å². The first-order valence-corrected chi connectivity index (χ1v) is 11.0. The topological polar surface area (TPSA) is 58.6 Å². The SMILES string of the molecule is Cc1cccc(NC(=O)N2C(C(=O)OC(C)C)CSC2C2CCCCC2)c1. The molecule has 1 saturated carbocycles. The van der Waals surface area contributed by atoms with Crippen LogP contribution in [-0.2, 0) is 9.53 Å². The first-order valence-electron chi connectivity index (χ1n) is 9.94. The first-order chi connectivity index (χ1) is 13.0. The van der Waals surface area contributed by atoms with Crippen LogP contribution in [0.3, 0.4) is 0 Å². The number of rotatable bonds is 4. The molecule has 2 fully saturated rings. The van der Waals surface area contributed by atoms with Crippen LogP contribution in [0.2, 0.25) is 0 Å². The van der Waals surface area contributed by atoms with Gasteiger partial charge in [-0.3, -0.25) is 4.90 Å². The van der Waals surface area contributed by atoms with Gasteiger partial charge in [-0.25, -0.2) is 9.59 Å². The minimum atomic E-state index is -0.519. The smallest absolute Gasteiger partial charge is 0.330 e. The Balaban J connectivity index is 1.80. The Morgan fingerprint density at radius 1 is 1.22 bits per heavy atom. The van der Waals surface area contributed by atoms with Crippen molar-refractivity contribution in [2.45, 2.75) is 70.4 Å². The number of carbonyl (C=O) groups is 2. The summed E-state index contributed by atoms with van der Waals surface area (Å²) in [7, 11) is 0. The third kappa shape index (κ3) is 4.98. The van der Waals surface area contributed by atoms with Crippen molar-refractivity contribution in [3.8, 4) is 0 Å². The molecule has 1 aromatic rings. The average Bonchev–Trinajstić information content (AvgIpc) is 3.07. The molecule has 2 aliphatic rings. The number of anilines is 1. The molecule has 0 aromatic heterocycles. The van der Waals surface area contributed by atoms with E-state index in [1.165, 1.54) is 19.3 Å². The van der Waals surface area contributed by atoms with Crippen LogP contribution in [0.15, 0.2) is 24.3 Å². The molecular weight excluding hydrogens is 360 g/mol. The Labute approximate surface area is 166 Å². The Morgan fingerprint density at radius 3 is 2.63 bits per heavy atom. The van der Waals surface area contributed by atoms with Crippen molar-refractivity contribution in [2.24, 2.45) is 5.92 Å². The Kier molecular flexibility index (Phi) is 6.68. The monoisotopic (exact) mass is 390 g/mol. The van der Waals surface area contributed by atoms with Gasteiger partial charge in [0, 0.05) is 11.4 Å². The average molecular weight is 391 g/mol. The number of urea groups is 1. The van der Waals surface area contributed by atoms with Gasteiger partial charge in [-0.1, -0.05) is 31.4 Å². The van der Waals surface area contributed by atoms with E-state index in [0.717, 1.165) is 24.1 Å². The standard InChI is InChI=1S/C21H30N2O3S/c1-14(2)26-20(24)18-13-27-19(16-9-5-4-6-10-16)23(18)21(25)22-17-11-7-8-15(3)12-17/h7-8,11-12,14,16,18-19H,4-6,9-10,13H2,1-3H3,(H,22,25). The van der Waals surface area contributed by atoms with Crippen LogP contribution in [0.4, 0.5) is 10.5 Å². The van der Waals surface area contributed by atoms with Crippen LogP contribution in [-0.4, -0.2) is 40.2 Å². The van der Waals surface area contributed by atoms with Crippen LogP contribution in [0.1, 0.15) is 51.5 Å². The highest BCUT2D eigenvalue weighted by Gasteiger charge is 2.46. The van der Waals surface area contributed by atoms with E-state index in [-0.39, 0.29) is 23.5 Å². The molecule has 1 saturated heterocycles. The number of nitrogens with one attached hydrogen (secondary N) is 1. The second-order valence-electron chi connectivity index (χ2n) is 7.83. The number of hydrogen-bond donors (Lipinski definition) is 1. The Morgan fingerprint density at radius 2 is 1.96 bits per heavy atom. The largest absolute Gasteiger partial charge is 0.461 e. The molecule has 5 nitrogen and oxygen atoms in total. The highest BCUT2D eigenvalue weighted by molar-refractivity contribution is 8.00. The lowest BCUT2D eigenvalue weighted by Gasteiger charge is -2.35. The zero-order valence-electron chi connectivity index (χ0n) is 16.4. The van der Waals surface area contributed by atoms with E-state index >= 15 is 0 Å². The van der Waals surface area contributed by atoms with E-state index in [9.17, 15) is 9.59 Å². The van der Waals surface area contributed by atoms with Crippen LogP contribution in [0.25, 0.3) is 0 Å². The van der Waals surface area contributed by atoms with Crippen LogP contribution in [0.5, 0.6) is 0 Å². The number of thioether (sulfide) groups is 1. The molecular formula is C21H30N2O3S. The molecule has 2 unspecified atom stereocenters. The van der Waals surface area contributed by atoms with E-state index in [2.05, 4.69) is 5.32 Å². The van der Waals surface area contributed by atoms with Crippen LogP contribution >= 0.6 is 11.8 Å². The van der Waals surface area contributed by atoms with Gasteiger partial charge in [0.15, 0.2) is 0 Å². The zero-order valence-corrected chi connectivity index (χ0v) is 17.3. The van der Waals surface area contributed by atoms with E-state index in [1.807, 2.05) is 45.0 Å². The predicted molar refractivity (Wildman–Crippen MR) is 110 cm³/mol. The molecule has 0 radical (unpaired) electrons. The maximum atomic E-state index is 13.2. The number of ether oxygens (including phenoxy) is 1. The molecule has 2 atom stereocenters. The molecule has 1 aliphatic carbocycles. The Hall–Kier alpha value is -1.69. The second kappa shape index (κ2) is 9.00. The third-order valence-electron chi connectivity index (χ3n) is 5.22. The van der Waals surface area contributed by atoms with E-state index in [1.54, 1.807) is 16.7 Å². The van der Waals surface area contributed by atoms with Gasteiger partial charge < -0.3 is 10.1 Å². The quantitative estimate of drug-likeness (QED) is 0.750. The van der Waals surface area contributed by atoms with Crippen molar-refractivity contribution >= 4 is 29.4 Å². The summed E-state index contributed by atoms with van der Waals surface area (Å²) >= 11 is 1.73. The summed E-state index contributed by atoms with van der Waals surface area (Å²) < 4.78 is 5.45. The van der Waals surface area contributed by atoms with Crippen molar-refractivity contribution < 1.29 is 14.3 Å². The number of amides is 2. The number of esters is 1. The molecule has 1 aromatic carbocycles. The van der Waals surface area contributed by atoms with Crippen LogP contribution < -0.4 is 5.32 Å². The molecule has 1 N–H and O–H groups in total. The molecule has 0 spiro atoms. The molecule has 1 aliphatic heterocycles. The van der Waals surface area contributed by atoms with Gasteiger partial charge in [-0.2, -0.15) is 0 Å². The fraction of sp³-hybridized carbons (Fsp3) is 0.619. The van der Waals surface area contributed by atoms with Gasteiger partial charge in [0.25, 0.3) is 0 Å². The summed E-state index contributed by atoms with van der Waals surface area (Å²) in [6.07, 6.45) is 5.74. The van der Waals surface area contributed by atoms with E-state index < -0.39 is 6.04 Å². The fourth-order valence-corrected chi connectivity index (χ4v) is 5.59. The minimum absolute atomic E-state index is 0.0415.